The van der Waals surface area contributed by atoms with Crippen LogP contribution < -0.4 is 0 Å². The van der Waals surface area contributed by atoms with E-state index in [0.29, 0.717) is 11.8 Å². The van der Waals surface area contributed by atoms with Gasteiger partial charge in [-0.15, -0.1) is 0 Å². The molecule has 0 amide bonds. The van der Waals surface area contributed by atoms with Crippen molar-refractivity contribution in [3.8, 4) is 33.4 Å². The van der Waals surface area contributed by atoms with Gasteiger partial charge in [0.25, 0.3) is 0 Å². The van der Waals surface area contributed by atoms with Crippen molar-refractivity contribution in [2.75, 3.05) is 0 Å². The molecule has 3 heterocycles. The van der Waals surface area contributed by atoms with Crippen LogP contribution in [0.4, 0.5) is 0 Å². The number of aliphatic imine (C=N–C) groups is 1. The molecule has 282 valence electrons. The summed E-state index contributed by atoms with van der Waals surface area (Å²) in [5.41, 5.74) is 13.6. The van der Waals surface area contributed by atoms with Crippen molar-refractivity contribution in [2.24, 2.45) is 22.7 Å². The van der Waals surface area contributed by atoms with Crippen molar-refractivity contribution >= 4 is 49.4 Å². The quantitative estimate of drug-likeness (QED) is 0.167. The number of aromatic nitrogens is 2. The van der Waals surface area contributed by atoms with Crippen molar-refractivity contribution in [1.82, 2.24) is 9.13 Å². The maximum absolute atomic E-state index is 5.21. The Labute approximate surface area is 344 Å². The number of para-hydroxylation sites is 2. The summed E-state index contributed by atoms with van der Waals surface area (Å²) in [6.45, 7) is 4.72. The molecule has 2 aliphatic carbocycles. The minimum absolute atomic E-state index is 0.106. The molecule has 0 spiro atoms. The summed E-state index contributed by atoms with van der Waals surface area (Å²) < 4.78 is 4.99. The zero-order valence-electron chi connectivity index (χ0n) is 33.2. The van der Waals surface area contributed by atoms with Crippen LogP contribution in [0.5, 0.6) is 0 Å². The first-order valence-corrected chi connectivity index (χ1v) is 21.0. The molecular formula is C56H43N3. The third kappa shape index (κ3) is 5.10. The molecule has 0 bridgehead atoms. The Morgan fingerprint density at radius 1 is 0.475 bits per heavy atom. The van der Waals surface area contributed by atoms with E-state index in [9.17, 15) is 0 Å². The second kappa shape index (κ2) is 13.0. The number of allylic oxidation sites excluding steroid dienone is 5. The lowest BCUT2D eigenvalue weighted by molar-refractivity contribution is 0.510. The molecule has 7 aromatic carbocycles. The highest BCUT2D eigenvalue weighted by atomic mass is 15.1. The Balaban J connectivity index is 0.921. The lowest BCUT2D eigenvalue weighted by Crippen LogP contribution is -2.22. The van der Waals surface area contributed by atoms with Gasteiger partial charge in [-0.05, 0) is 87.2 Å². The van der Waals surface area contributed by atoms with Gasteiger partial charge < -0.3 is 4.57 Å². The van der Waals surface area contributed by atoms with Crippen LogP contribution in [0.15, 0.2) is 205 Å². The maximum Gasteiger partial charge on any atom is 0.118 e. The summed E-state index contributed by atoms with van der Waals surface area (Å²) >= 11 is 0. The smallest absolute Gasteiger partial charge is 0.118 e. The predicted molar refractivity (Wildman–Crippen MR) is 248 cm³/mol. The van der Waals surface area contributed by atoms with Crippen molar-refractivity contribution in [3.63, 3.8) is 0 Å². The molecule has 3 nitrogen and oxygen atoms in total. The third-order valence-electron chi connectivity index (χ3n) is 13.8. The van der Waals surface area contributed by atoms with Crippen LogP contribution in [-0.2, 0) is 5.41 Å². The van der Waals surface area contributed by atoms with E-state index in [1.165, 1.54) is 82.6 Å². The lowest BCUT2D eigenvalue weighted by atomic mass is 9.88. The summed E-state index contributed by atoms with van der Waals surface area (Å²) in [5, 5.41) is 5.11. The fourth-order valence-electron chi connectivity index (χ4n) is 10.7. The summed E-state index contributed by atoms with van der Waals surface area (Å²) in [4.78, 5) is 5.21. The zero-order valence-corrected chi connectivity index (χ0v) is 33.2. The first-order chi connectivity index (χ1) is 29.1. The van der Waals surface area contributed by atoms with Crippen LogP contribution in [0.25, 0.3) is 77.0 Å². The minimum Gasteiger partial charge on any atom is -0.333 e. The van der Waals surface area contributed by atoms with E-state index < -0.39 is 0 Å². The first kappa shape index (κ1) is 34.1. The molecular weight excluding hydrogens is 715 g/mol. The van der Waals surface area contributed by atoms with Gasteiger partial charge in [-0.2, -0.15) is 0 Å². The van der Waals surface area contributed by atoms with E-state index in [1.807, 2.05) is 0 Å². The second-order valence-corrected chi connectivity index (χ2v) is 16.8. The molecule has 9 aromatic rings. The van der Waals surface area contributed by atoms with E-state index in [2.05, 4.69) is 223 Å². The van der Waals surface area contributed by atoms with Crippen molar-refractivity contribution in [2.45, 2.75) is 25.3 Å². The van der Waals surface area contributed by atoms with Gasteiger partial charge in [-0.25, -0.2) is 4.99 Å². The van der Waals surface area contributed by atoms with Crippen LogP contribution in [0.2, 0.25) is 0 Å². The Bertz CT molecular complexity index is 3260. The molecule has 0 radical (unpaired) electrons. The molecule has 1 aliphatic heterocycles. The largest absolute Gasteiger partial charge is 0.333 e. The number of benzene rings is 7. The van der Waals surface area contributed by atoms with Crippen LogP contribution in [0.1, 0.15) is 25.5 Å². The Kier molecular flexibility index (Phi) is 7.53. The molecule has 2 aromatic heterocycles. The zero-order chi connectivity index (χ0) is 39.2. The Hall–Kier alpha value is -6.97. The van der Waals surface area contributed by atoms with E-state index >= 15 is 0 Å². The van der Waals surface area contributed by atoms with Gasteiger partial charge in [-0.3, -0.25) is 4.57 Å². The molecule has 0 N–H and O–H groups in total. The molecule has 3 heteroatoms. The number of hydrogen-bond donors (Lipinski definition) is 0. The van der Waals surface area contributed by atoms with Gasteiger partial charge in [0.2, 0.25) is 0 Å². The van der Waals surface area contributed by atoms with Crippen molar-refractivity contribution < 1.29 is 0 Å². The van der Waals surface area contributed by atoms with E-state index in [1.54, 1.807) is 0 Å². The number of fused-ring (bicyclic) bond motifs is 7. The molecule has 3 aliphatic rings. The minimum atomic E-state index is -0.106. The summed E-state index contributed by atoms with van der Waals surface area (Å²) in [6.07, 6.45) is 13.5. The molecule has 5 atom stereocenters. The van der Waals surface area contributed by atoms with Crippen LogP contribution in [0.3, 0.4) is 0 Å². The van der Waals surface area contributed by atoms with Gasteiger partial charge in [-0.1, -0.05) is 172 Å². The Morgan fingerprint density at radius 2 is 1.02 bits per heavy atom. The van der Waals surface area contributed by atoms with Gasteiger partial charge in [0.05, 0.1) is 17.1 Å². The molecule has 1 fully saturated rings. The van der Waals surface area contributed by atoms with Crippen molar-refractivity contribution in [1.29, 1.82) is 0 Å². The predicted octanol–water partition coefficient (Wildman–Crippen LogP) is 14.2. The number of nitrogens with zero attached hydrogens (tertiary/aromatic N) is 3. The average Bonchev–Trinajstić information content (AvgIpc) is 3.61. The second-order valence-electron chi connectivity index (χ2n) is 16.8. The highest BCUT2D eigenvalue weighted by molar-refractivity contribution is 6.17. The van der Waals surface area contributed by atoms with Gasteiger partial charge >= 0.3 is 0 Å². The van der Waals surface area contributed by atoms with Crippen LogP contribution in [0, 0.1) is 17.8 Å². The van der Waals surface area contributed by atoms with E-state index in [0.717, 1.165) is 5.84 Å². The third-order valence-corrected chi connectivity index (χ3v) is 13.8. The summed E-state index contributed by atoms with van der Waals surface area (Å²) in [7, 11) is 0. The number of rotatable bonds is 5. The summed E-state index contributed by atoms with van der Waals surface area (Å²) in [5.74, 6) is 2.22. The highest BCUT2D eigenvalue weighted by Gasteiger charge is 2.65. The SMILES string of the molecule is CC1C=CC=CC1n1c2ccccc2c2cc(-c3ccc4c(c3)c3ccccc3n4C3=NC=CC4(c5cccc(-c6ccc(-c7ccccc7)cc6)c5)C(C)C34)ccc21. The fraction of sp³-hybridized carbons (Fsp3) is 0.125. The highest BCUT2D eigenvalue weighted by Crippen LogP contribution is 2.63. The monoisotopic (exact) mass is 757 g/mol. The molecule has 0 saturated heterocycles. The maximum atomic E-state index is 5.21. The number of hydrogen-bond acceptors (Lipinski definition) is 1. The normalized spacial score (nSPS) is 22.0. The van der Waals surface area contributed by atoms with E-state index in [-0.39, 0.29) is 17.4 Å². The van der Waals surface area contributed by atoms with Crippen molar-refractivity contribution in [3.05, 3.63) is 206 Å². The standard InChI is InChI=1S/C56H43N3/c1-36-13-6-9-20-49(36)58-50-21-10-7-18-45(50)47-34-42(27-29-52(47)58)43-28-30-53-48(35-43)46-19-8-11-22-51(46)59(53)55-54-37(2)56(54,31-32-57-55)44-17-12-16-41(33-44)40-25-23-39(24-26-40)38-14-4-3-5-15-38/h3-37,49,54H,1-2H3. The molecule has 59 heavy (non-hydrogen) atoms. The van der Waals surface area contributed by atoms with Gasteiger partial charge in [0.1, 0.15) is 5.84 Å². The molecule has 1 saturated carbocycles. The molecule has 5 unspecified atom stereocenters. The van der Waals surface area contributed by atoms with Gasteiger partial charge in [0.15, 0.2) is 0 Å². The van der Waals surface area contributed by atoms with Crippen LogP contribution >= 0.6 is 0 Å². The first-order valence-electron chi connectivity index (χ1n) is 21.0. The van der Waals surface area contributed by atoms with Gasteiger partial charge in [0, 0.05) is 50.1 Å². The Morgan fingerprint density at radius 3 is 1.78 bits per heavy atom. The van der Waals surface area contributed by atoms with E-state index in [4.69, 9.17) is 4.99 Å². The molecule has 12 rings (SSSR count). The fourth-order valence-corrected chi connectivity index (χ4v) is 10.7. The van der Waals surface area contributed by atoms with Crippen LogP contribution in [-0.4, -0.2) is 15.0 Å². The lowest BCUT2D eigenvalue weighted by Gasteiger charge is -2.24. The topological polar surface area (TPSA) is 22.2 Å². The summed E-state index contributed by atoms with van der Waals surface area (Å²) in [6, 6.07) is 60.9. The average molecular weight is 758 g/mol.